The molecule has 18 heavy (non-hydrogen) atoms. The van der Waals surface area contributed by atoms with Crippen LogP contribution in [0.2, 0.25) is 10.0 Å². The number of anilines is 1. The fourth-order valence-electron chi connectivity index (χ4n) is 1.52. The average molecular weight is 283 g/mol. The number of nitrogens with two attached hydrogens (primary N) is 1. The van der Waals surface area contributed by atoms with Crippen molar-refractivity contribution in [1.82, 2.24) is 4.98 Å². The van der Waals surface area contributed by atoms with E-state index < -0.39 is 5.97 Å². The molecule has 4 nitrogen and oxygen atoms in total. The van der Waals surface area contributed by atoms with Crippen molar-refractivity contribution in [2.24, 2.45) is 0 Å². The van der Waals surface area contributed by atoms with E-state index >= 15 is 0 Å². The molecular weight excluding hydrogens is 275 g/mol. The summed E-state index contributed by atoms with van der Waals surface area (Å²) in [5, 5.41) is 9.77. The highest BCUT2D eigenvalue weighted by Crippen LogP contribution is 2.33. The summed E-state index contributed by atoms with van der Waals surface area (Å²) in [5.41, 5.74) is 6.27. The summed E-state index contributed by atoms with van der Waals surface area (Å²) < 4.78 is 0. The average Bonchev–Trinajstić information content (AvgIpc) is 2.30. The lowest BCUT2D eigenvalue weighted by atomic mass is 10.1. The predicted molar refractivity (Wildman–Crippen MR) is 71.1 cm³/mol. The van der Waals surface area contributed by atoms with Gasteiger partial charge in [0, 0.05) is 5.56 Å². The normalized spacial score (nSPS) is 10.3. The lowest BCUT2D eigenvalue weighted by molar-refractivity contribution is 0.0692. The number of pyridine rings is 1. The zero-order valence-corrected chi connectivity index (χ0v) is 10.5. The van der Waals surface area contributed by atoms with Gasteiger partial charge in [-0.1, -0.05) is 29.3 Å². The van der Waals surface area contributed by atoms with Gasteiger partial charge in [-0.3, -0.25) is 0 Å². The minimum Gasteiger partial charge on any atom is -0.476 e. The summed E-state index contributed by atoms with van der Waals surface area (Å²) in [7, 11) is 0. The molecule has 2 aromatic rings. The molecule has 1 aromatic carbocycles. The quantitative estimate of drug-likeness (QED) is 0.886. The Kier molecular flexibility index (Phi) is 3.41. The molecule has 1 heterocycles. The molecule has 6 heteroatoms. The van der Waals surface area contributed by atoms with E-state index in [1.807, 2.05) is 0 Å². The summed E-state index contributed by atoms with van der Waals surface area (Å²) in [6.45, 7) is 0. The Morgan fingerprint density at radius 1 is 1.17 bits per heavy atom. The molecule has 0 aliphatic rings. The molecule has 0 fully saturated rings. The maximum absolute atomic E-state index is 11.0. The Morgan fingerprint density at radius 2 is 1.78 bits per heavy atom. The van der Waals surface area contributed by atoms with Crippen LogP contribution in [0.4, 0.5) is 5.69 Å². The second-order valence-corrected chi connectivity index (χ2v) is 4.35. The molecule has 0 saturated carbocycles. The first kappa shape index (κ1) is 12.7. The van der Waals surface area contributed by atoms with Crippen LogP contribution < -0.4 is 5.73 Å². The summed E-state index contributed by atoms with van der Waals surface area (Å²) in [5.74, 6) is -1.20. The molecule has 0 radical (unpaired) electrons. The molecule has 0 bridgehead atoms. The maximum atomic E-state index is 11.0. The Balaban J connectivity index is 2.65. The van der Waals surface area contributed by atoms with Gasteiger partial charge in [0.15, 0.2) is 5.69 Å². The van der Waals surface area contributed by atoms with Crippen LogP contribution in [0.5, 0.6) is 0 Å². The lowest BCUT2D eigenvalue weighted by Gasteiger charge is -2.08. The molecule has 0 atom stereocenters. The van der Waals surface area contributed by atoms with Crippen molar-refractivity contribution < 1.29 is 9.90 Å². The SMILES string of the molecule is Nc1ccc(-c2c(Cl)cccc2Cl)nc1C(=O)O. The van der Waals surface area contributed by atoms with Crippen molar-refractivity contribution in [3.05, 3.63) is 46.1 Å². The van der Waals surface area contributed by atoms with Crippen LogP contribution in [0.15, 0.2) is 30.3 Å². The fraction of sp³-hybridized carbons (Fsp3) is 0. The predicted octanol–water partition coefficient (Wildman–Crippen LogP) is 3.34. The molecule has 2 rings (SSSR count). The first-order chi connectivity index (χ1) is 8.50. The van der Waals surface area contributed by atoms with Crippen molar-refractivity contribution in [1.29, 1.82) is 0 Å². The molecule has 0 amide bonds. The lowest BCUT2D eigenvalue weighted by Crippen LogP contribution is -2.06. The number of nitrogen functional groups attached to an aromatic ring is 1. The van der Waals surface area contributed by atoms with Gasteiger partial charge in [-0.05, 0) is 24.3 Å². The molecule has 0 aliphatic heterocycles. The van der Waals surface area contributed by atoms with E-state index in [0.717, 1.165) is 0 Å². The highest BCUT2D eigenvalue weighted by Gasteiger charge is 2.15. The number of hydrogen-bond acceptors (Lipinski definition) is 3. The van der Waals surface area contributed by atoms with Crippen LogP contribution in [0.25, 0.3) is 11.3 Å². The topological polar surface area (TPSA) is 76.2 Å². The van der Waals surface area contributed by atoms with Crippen LogP contribution in [-0.4, -0.2) is 16.1 Å². The maximum Gasteiger partial charge on any atom is 0.356 e. The van der Waals surface area contributed by atoms with E-state index in [1.165, 1.54) is 6.07 Å². The fourth-order valence-corrected chi connectivity index (χ4v) is 2.11. The Labute approximate surface area is 113 Å². The van der Waals surface area contributed by atoms with Gasteiger partial charge in [-0.2, -0.15) is 0 Å². The minimum absolute atomic E-state index is 0.0921. The van der Waals surface area contributed by atoms with Gasteiger partial charge >= 0.3 is 5.97 Å². The van der Waals surface area contributed by atoms with Gasteiger partial charge in [-0.15, -0.1) is 0 Å². The number of hydrogen-bond donors (Lipinski definition) is 2. The number of nitrogens with zero attached hydrogens (tertiary/aromatic N) is 1. The Morgan fingerprint density at radius 3 is 2.33 bits per heavy atom. The zero-order valence-electron chi connectivity index (χ0n) is 9.02. The van der Waals surface area contributed by atoms with E-state index in [9.17, 15) is 4.79 Å². The van der Waals surface area contributed by atoms with Gasteiger partial charge in [0.1, 0.15) is 0 Å². The van der Waals surface area contributed by atoms with Gasteiger partial charge in [0.25, 0.3) is 0 Å². The van der Waals surface area contributed by atoms with E-state index in [1.54, 1.807) is 24.3 Å². The molecule has 0 spiro atoms. The third-order valence-electron chi connectivity index (χ3n) is 2.35. The first-order valence-electron chi connectivity index (χ1n) is 4.95. The number of rotatable bonds is 2. The van der Waals surface area contributed by atoms with Crippen molar-refractivity contribution in [2.75, 3.05) is 5.73 Å². The van der Waals surface area contributed by atoms with Crippen LogP contribution in [0, 0.1) is 0 Å². The third-order valence-corrected chi connectivity index (χ3v) is 2.98. The van der Waals surface area contributed by atoms with E-state index in [0.29, 0.717) is 21.3 Å². The van der Waals surface area contributed by atoms with Gasteiger partial charge < -0.3 is 10.8 Å². The van der Waals surface area contributed by atoms with Gasteiger partial charge in [0.05, 0.1) is 21.4 Å². The largest absolute Gasteiger partial charge is 0.476 e. The zero-order chi connectivity index (χ0) is 13.3. The Bertz CT molecular complexity index is 609. The van der Waals surface area contributed by atoms with Gasteiger partial charge in [-0.25, -0.2) is 9.78 Å². The monoisotopic (exact) mass is 282 g/mol. The summed E-state index contributed by atoms with van der Waals surface area (Å²) >= 11 is 12.1. The molecule has 3 N–H and O–H groups in total. The van der Waals surface area contributed by atoms with Gasteiger partial charge in [0.2, 0.25) is 0 Å². The van der Waals surface area contributed by atoms with Crippen molar-refractivity contribution in [3.63, 3.8) is 0 Å². The van der Waals surface area contributed by atoms with Crippen molar-refractivity contribution in [3.8, 4) is 11.3 Å². The number of aromatic nitrogens is 1. The van der Waals surface area contributed by atoms with E-state index in [4.69, 9.17) is 34.0 Å². The van der Waals surface area contributed by atoms with Crippen molar-refractivity contribution in [2.45, 2.75) is 0 Å². The molecule has 0 aliphatic carbocycles. The van der Waals surface area contributed by atoms with Crippen LogP contribution in [0.3, 0.4) is 0 Å². The molecule has 0 saturated heterocycles. The highest BCUT2D eigenvalue weighted by molar-refractivity contribution is 6.39. The second-order valence-electron chi connectivity index (χ2n) is 3.54. The number of halogens is 2. The smallest absolute Gasteiger partial charge is 0.356 e. The minimum atomic E-state index is -1.20. The second kappa shape index (κ2) is 4.84. The van der Waals surface area contributed by atoms with E-state index in [2.05, 4.69) is 4.98 Å². The van der Waals surface area contributed by atoms with E-state index in [-0.39, 0.29) is 11.4 Å². The first-order valence-corrected chi connectivity index (χ1v) is 5.70. The number of carbonyl (C=O) groups is 1. The highest BCUT2D eigenvalue weighted by atomic mass is 35.5. The number of benzene rings is 1. The van der Waals surface area contributed by atoms with Crippen LogP contribution >= 0.6 is 23.2 Å². The summed E-state index contributed by atoms with van der Waals surface area (Å²) in [4.78, 5) is 14.9. The van der Waals surface area contributed by atoms with Crippen LogP contribution in [-0.2, 0) is 0 Å². The molecule has 1 aromatic heterocycles. The summed E-state index contributed by atoms with van der Waals surface area (Å²) in [6.07, 6.45) is 0. The van der Waals surface area contributed by atoms with Crippen LogP contribution in [0.1, 0.15) is 10.5 Å². The molecule has 0 unspecified atom stereocenters. The number of carboxylic acids is 1. The Hall–Kier alpha value is -1.78. The van der Waals surface area contributed by atoms with Crippen molar-refractivity contribution >= 4 is 34.9 Å². The molecular formula is C12H8Cl2N2O2. The number of aromatic carboxylic acids is 1. The molecule has 92 valence electrons. The summed E-state index contributed by atoms with van der Waals surface area (Å²) in [6, 6.07) is 8.05. The standard InChI is InChI=1S/C12H8Cl2N2O2/c13-6-2-1-3-7(14)10(6)9-5-4-8(15)11(16-9)12(17)18/h1-5H,15H2,(H,17,18). The third kappa shape index (κ3) is 2.25. The number of carboxylic acid groups (broad SMARTS) is 1.